The average molecular weight is 339 g/mol. The maximum Gasteiger partial charge on any atom is 0.193 e. The highest BCUT2D eigenvalue weighted by Gasteiger charge is 2.11. The molecular weight excluding hydrogens is 325 g/mol. The number of nitrogens with one attached hydrogen (secondary N) is 1. The number of guanidine groups is 1. The van der Waals surface area contributed by atoms with Crippen molar-refractivity contribution in [2.75, 3.05) is 5.32 Å². The van der Waals surface area contributed by atoms with E-state index in [0.29, 0.717) is 21.7 Å². The molecule has 0 saturated heterocycles. The van der Waals surface area contributed by atoms with E-state index in [2.05, 4.69) is 26.2 Å². The van der Waals surface area contributed by atoms with Crippen LogP contribution in [0.25, 0.3) is 0 Å². The highest BCUT2D eigenvalue weighted by atomic mass is 79.9. The largest absolute Gasteiger partial charge is 0.370 e. The molecule has 0 radical (unpaired) electrons. The lowest BCUT2D eigenvalue weighted by molar-refractivity contribution is 0.583. The van der Waals surface area contributed by atoms with Gasteiger partial charge in [0.25, 0.3) is 0 Å². The molecule has 0 aliphatic heterocycles. The molecule has 0 amide bonds. The normalized spacial score (nSPS) is 12.7. The van der Waals surface area contributed by atoms with Crippen molar-refractivity contribution in [2.45, 2.75) is 26.3 Å². The van der Waals surface area contributed by atoms with E-state index >= 15 is 0 Å². The maximum atomic E-state index is 6.08. The summed E-state index contributed by atoms with van der Waals surface area (Å²) in [6.07, 6.45) is 0. The standard InChI is InChI=1S/C11H14BrCl2N3/c1-11(2,3)17-10(15)16-7-5-4-6(12)8(13)9(7)14/h4-5H,1-3H3,(H3,15,16,17). The second-order valence-electron chi connectivity index (χ2n) is 4.52. The van der Waals surface area contributed by atoms with Crippen LogP contribution in [-0.4, -0.2) is 11.5 Å². The third-order valence-corrected chi connectivity index (χ3v) is 3.52. The van der Waals surface area contributed by atoms with E-state index in [1.165, 1.54) is 0 Å². The minimum absolute atomic E-state index is 0.247. The third-order valence-electron chi connectivity index (χ3n) is 1.75. The van der Waals surface area contributed by atoms with Gasteiger partial charge >= 0.3 is 0 Å². The molecule has 1 aromatic rings. The van der Waals surface area contributed by atoms with E-state index in [4.69, 9.17) is 28.9 Å². The van der Waals surface area contributed by atoms with Crippen LogP contribution in [0.2, 0.25) is 10.0 Å². The van der Waals surface area contributed by atoms with Crippen LogP contribution < -0.4 is 11.1 Å². The first-order chi connectivity index (χ1) is 7.70. The highest BCUT2D eigenvalue weighted by molar-refractivity contribution is 9.10. The lowest BCUT2D eigenvalue weighted by atomic mass is 10.1. The van der Waals surface area contributed by atoms with Gasteiger partial charge in [0.1, 0.15) is 0 Å². The number of halogens is 3. The fourth-order valence-electron chi connectivity index (χ4n) is 1.15. The first kappa shape index (κ1) is 14.6. The number of nitrogens with two attached hydrogens (primary N) is 1. The third kappa shape index (κ3) is 4.37. The summed E-state index contributed by atoms with van der Waals surface area (Å²) in [6.45, 7) is 5.87. The second-order valence-corrected chi connectivity index (χ2v) is 6.13. The summed E-state index contributed by atoms with van der Waals surface area (Å²) in [7, 11) is 0. The fraction of sp³-hybridized carbons (Fsp3) is 0.364. The molecule has 3 nitrogen and oxygen atoms in total. The molecule has 0 bridgehead atoms. The van der Waals surface area contributed by atoms with Gasteiger partial charge < -0.3 is 11.1 Å². The lowest BCUT2D eigenvalue weighted by Crippen LogP contribution is -2.27. The molecule has 94 valence electrons. The van der Waals surface area contributed by atoms with Gasteiger partial charge in [0.2, 0.25) is 0 Å². The van der Waals surface area contributed by atoms with Crippen LogP contribution in [0.4, 0.5) is 5.69 Å². The Kier molecular flexibility index (Phi) is 4.69. The summed E-state index contributed by atoms with van der Waals surface area (Å²) < 4.78 is 0.737. The predicted molar refractivity (Wildman–Crippen MR) is 79.2 cm³/mol. The lowest BCUT2D eigenvalue weighted by Gasteiger charge is -2.15. The van der Waals surface area contributed by atoms with Gasteiger partial charge in [-0.15, -0.1) is 0 Å². The van der Waals surface area contributed by atoms with Crippen LogP contribution in [0.15, 0.2) is 21.6 Å². The molecule has 17 heavy (non-hydrogen) atoms. The number of hydrogen-bond acceptors (Lipinski definition) is 1. The fourth-order valence-corrected chi connectivity index (χ4v) is 1.97. The van der Waals surface area contributed by atoms with E-state index < -0.39 is 0 Å². The van der Waals surface area contributed by atoms with Crippen LogP contribution in [0.1, 0.15) is 20.8 Å². The van der Waals surface area contributed by atoms with Crippen molar-refractivity contribution in [2.24, 2.45) is 10.7 Å². The molecule has 0 aromatic heterocycles. The van der Waals surface area contributed by atoms with Crippen molar-refractivity contribution >= 4 is 50.8 Å². The zero-order valence-corrected chi connectivity index (χ0v) is 12.9. The van der Waals surface area contributed by atoms with Gasteiger partial charge in [-0.1, -0.05) is 23.2 Å². The van der Waals surface area contributed by atoms with Crippen molar-refractivity contribution < 1.29 is 0 Å². The van der Waals surface area contributed by atoms with Crippen LogP contribution >= 0.6 is 39.1 Å². The second kappa shape index (κ2) is 5.46. The number of hydrogen-bond donors (Lipinski definition) is 2. The zero-order chi connectivity index (χ0) is 13.2. The number of nitrogens with zero attached hydrogens (tertiary/aromatic N) is 1. The van der Waals surface area contributed by atoms with E-state index in [1.807, 2.05) is 20.8 Å². The van der Waals surface area contributed by atoms with Crippen LogP contribution in [0, 0.1) is 0 Å². The predicted octanol–water partition coefficient (Wildman–Crippen LogP) is 4.28. The smallest absolute Gasteiger partial charge is 0.193 e. The van der Waals surface area contributed by atoms with Crippen LogP contribution in [0.3, 0.4) is 0 Å². The molecule has 0 atom stereocenters. The Morgan fingerprint density at radius 2 is 1.88 bits per heavy atom. The van der Waals surface area contributed by atoms with Crippen molar-refractivity contribution in [1.82, 2.24) is 0 Å². The van der Waals surface area contributed by atoms with Gasteiger partial charge in [-0.3, -0.25) is 0 Å². The summed E-state index contributed by atoms with van der Waals surface area (Å²) >= 11 is 15.4. The van der Waals surface area contributed by atoms with E-state index in [-0.39, 0.29) is 5.54 Å². The highest BCUT2D eigenvalue weighted by Crippen LogP contribution is 2.35. The maximum absolute atomic E-state index is 6.08. The number of benzene rings is 1. The first-order valence-corrected chi connectivity index (χ1v) is 6.51. The van der Waals surface area contributed by atoms with Crippen molar-refractivity contribution in [1.29, 1.82) is 0 Å². The van der Waals surface area contributed by atoms with E-state index in [0.717, 1.165) is 4.47 Å². The quantitative estimate of drug-likeness (QED) is 0.456. The summed E-state index contributed by atoms with van der Waals surface area (Å²) in [5, 5.41) is 3.78. The molecule has 0 heterocycles. The first-order valence-electron chi connectivity index (χ1n) is 4.96. The molecule has 0 spiro atoms. The van der Waals surface area contributed by atoms with Gasteiger partial charge in [-0.25, -0.2) is 4.99 Å². The Morgan fingerprint density at radius 3 is 2.41 bits per heavy atom. The Bertz CT molecular complexity index is 453. The molecule has 0 fully saturated rings. The summed E-state index contributed by atoms with van der Waals surface area (Å²) in [4.78, 5) is 4.27. The van der Waals surface area contributed by atoms with E-state index in [1.54, 1.807) is 12.1 Å². The molecule has 0 aliphatic carbocycles. The summed E-state index contributed by atoms with van der Waals surface area (Å²) in [6, 6.07) is 3.57. The SMILES string of the molecule is CC(C)(C)N=C(N)Nc1ccc(Br)c(Cl)c1Cl. The van der Waals surface area contributed by atoms with Crippen molar-refractivity contribution in [3.63, 3.8) is 0 Å². The molecule has 0 saturated carbocycles. The summed E-state index contributed by atoms with van der Waals surface area (Å²) in [5.74, 6) is 0.304. The summed E-state index contributed by atoms with van der Waals surface area (Å²) in [5.41, 5.74) is 6.16. The van der Waals surface area contributed by atoms with Gasteiger partial charge in [0.05, 0.1) is 21.3 Å². The molecular formula is C11H14BrCl2N3. The molecule has 0 aliphatic rings. The number of aliphatic imine (C=N–C) groups is 1. The number of anilines is 1. The minimum atomic E-state index is -0.247. The van der Waals surface area contributed by atoms with Crippen LogP contribution in [-0.2, 0) is 0 Å². The molecule has 0 unspecified atom stereocenters. The monoisotopic (exact) mass is 337 g/mol. The Balaban J connectivity index is 2.98. The van der Waals surface area contributed by atoms with Gasteiger partial charge in [0.15, 0.2) is 5.96 Å². The Hall–Kier alpha value is -0.450. The van der Waals surface area contributed by atoms with E-state index in [9.17, 15) is 0 Å². The molecule has 1 aromatic carbocycles. The van der Waals surface area contributed by atoms with Crippen molar-refractivity contribution in [3.8, 4) is 0 Å². The average Bonchev–Trinajstić information content (AvgIpc) is 2.16. The van der Waals surface area contributed by atoms with Crippen molar-refractivity contribution in [3.05, 3.63) is 26.7 Å². The van der Waals surface area contributed by atoms with Gasteiger partial charge in [-0.05, 0) is 48.8 Å². The molecule has 1 rings (SSSR count). The van der Waals surface area contributed by atoms with Gasteiger partial charge in [0, 0.05) is 4.47 Å². The van der Waals surface area contributed by atoms with Gasteiger partial charge in [-0.2, -0.15) is 0 Å². The number of rotatable bonds is 1. The van der Waals surface area contributed by atoms with Crippen LogP contribution in [0.5, 0.6) is 0 Å². The Labute approximate surface area is 120 Å². The molecule has 3 N–H and O–H groups in total. The minimum Gasteiger partial charge on any atom is -0.370 e. The molecule has 6 heteroatoms. The Morgan fingerprint density at radius 1 is 1.29 bits per heavy atom. The topological polar surface area (TPSA) is 50.4 Å². The zero-order valence-electron chi connectivity index (χ0n) is 9.81.